The summed E-state index contributed by atoms with van der Waals surface area (Å²) in [6.07, 6.45) is -0.583. The van der Waals surface area contributed by atoms with E-state index in [9.17, 15) is 9.18 Å². The van der Waals surface area contributed by atoms with Crippen LogP contribution in [-0.4, -0.2) is 46.9 Å². The number of halogens is 1. The second kappa shape index (κ2) is 6.37. The Bertz CT molecular complexity index is 516. The number of likely N-dealkylation sites (tertiary alicyclic amines) is 1. The minimum Gasteiger partial charge on any atom is -0.471 e. The van der Waals surface area contributed by atoms with Gasteiger partial charge in [-0.3, -0.25) is 0 Å². The molecule has 1 aromatic rings. The van der Waals surface area contributed by atoms with Crippen molar-refractivity contribution in [3.63, 3.8) is 0 Å². The van der Waals surface area contributed by atoms with Crippen LogP contribution >= 0.6 is 0 Å². The van der Waals surface area contributed by atoms with Gasteiger partial charge in [0.1, 0.15) is 11.7 Å². The van der Waals surface area contributed by atoms with E-state index >= 15 is 0 Å². The Labute approximate surface area is 129 Å². The molecular formula is C15H22FN3O3. The number of rotatable bonds is 2. The van der Waals surface area contributed by atoms with Gasteiger partial charge >= 0.3 is 6.09 Å². The van der Waals surface area contributed by atoms with Crippen molar-refractivity contribution in [3.05, 3.63) is 18.3 Å². The molecule has 1 aromatic heterocycles. The van der Waals surface area contributed by atoms with Crippen molar-refractivity contribution >= 4 is 11.8 Å². The number of ether oxygens (including phenoxy) is 2. The number of anilines is 1. The van der Waals surface area contributed by atoms with E-state index in [4.69, 9.17) is 15.2 Å². The van der Waals surface area contributed by atoms with Crippen LogP contribution in [0.5, 0.6) is 5.88 Å². The van der Waals surface area contributed by atoms with Crippen LogP contribution in [0.25, 0.3) is 0 Å². The molecule has 0 aliphatic carbocycles. The van der Waals surface area contributed by atoms with E-state index < -0.39 is 24.0 Å². The molecule has 122 valence electrons. The molecule has 1 saturated heterocycles. The van der Waals surface area contributed by atoms with Gasteiger partial charge in [-0.15, -0.1) is 0 Å². The van der Waals surface area contributed by atoms with E-state index in [1.165, 1.54) is 11.1 Å². The molecule has 2 heterocycles. The van der Waals surface area contributed by atoms with Crippen LogP contribution in [0.3, 0.4) is 0 Å². The Balaban J connectivity index is 1.90. The standard InChI is InChI=1S/C15H22FN3O3/c1-15(2,3)22-14(20)19-7-6-12(11(16)9-19)21-13-5-4-10(17)8-18-13/h4-5,8,11-12H,6-7,9,17H2,1-3H3/t11-,12+/m0/s1. The molecule has 22 heavy (non-hydrogen) atoms. The smallest absolute Gasteiger partial charge is 0.410 e. The lowest BCUT2D eigenvalue weighted by atomic mass is 10.1. The van der Waals surface area contributed by atoms with Crippen molar-refractivity contribution in [2.75, 3.05) is 18.8 Å². The number of amides is 1. The zero-order valence-electron chi connectivity index (χ0n) is 13.1. The third kappa shape index (κ3) is 4.47. The van der Waals surface area contributed by atoms with E-state index in [0.717, 1.165) is 0 Å². The van der Waals surface area contributed by atoms with Crippen LogP contribution in [0.15, 0.2) is 18.3 Å². The maximum absolute atomic E-state index is 14.2. The van der Waals surface area contributed by atoms with Gasteiger partial charge in [0, 0.05) is 19.0 Å². The number of nitrogens with two attached hydrogens (primary N) is 1. The Morgan fingerprint density at radius 2 is 2.18 bits per heavy atom. The van der Waals surface area contributed by atoms with Crippen molar-refractivity contribution in [2.45, 2.75) is 45.1 Å². The SMILES string of the molecule is CC(C)(C)OC(=O)N1CC[C@@H](Oc2ccc(N)cn2)[C@@H](F)C1. The number of hydrogen-bond donors (Lipinski definition) is 1. The summed E-state index contributed by atoms with van der Waals surface area (Å²) in [7, 11) is 0. The summed E-state index contributed by atoms with van der Waals surface area (Å²) in [6, 6.07) is 3.24. The molecule has 0 aromatic carbocycles. The second-order valence-electron chi connectivity index (χ2n) is 6.32. The van der Waals surface area contributed by atoms with Crippen molar-refractivity contribution in [3.8, 4) is 5.88 Å². The Kier molecular flexibility index (Phi) is 4.73. The molecule has 6 nitrogen and oxygen atoms in total. The molecular weight excluding hydrogens is 289 g/mol. The van der Waals surface area contributed by atoms with Crippen molar-refractivity contribution in [1.82, 2.24) is 9.88 Å². The van der Waals surface area contributed by atoms with Gasteiger partial charge < -0.3 is 20.1 Å². The molecule has 0 saturated carbocycles. The van der Waals surface area contributed by atoms with Gasteiger partial charge in [0.05, 0.1) is 18.4 Å². The fraction of sp³-hybridized carbons (Fsp3) is 0.600. The van der Waals surface area contributed by atoms with Crippen LogP contribution in [0.1, 0.15) is 27.2 Å². The van der Waals surface area contributed by atoms with Crippen molar-refractivity contribution in [2.24, 2.45) is 0 Å². The number of aromatic nitrogens is 1. The van der Waals surface area contributed by atoms with E-state index in [2.05, 4.69) is 4.98 Å². The predicted octanol–water partition coefficient (Wildman–Crippen LogP) is 2.39. The molecule has 0 bridgehead atoms. The van der Waals surface area contributed by atoms with Gasteiger partial charge in [-0.2, -0.15) is 0 Å². The van der Waals surface area contributed by atoms with E-state index in [-0.39, 0.29) is 6.54 Å². The monoisotopic (exact) mass is 311 g/mol. The summed E-state index contributed by atoms with van der Waals surface area (Å²) in [4.78, 5) is 17.3. The molecule has 7 heteroatoms. The zero-order chi connectivity index (χ0) is 16.3. The fourth-order valence-corrected chi connectivity index (χ4v) is 2.12. The Morgan fingerprint density at radius 1 is 1.45 bits per heavy atom. The molecule has 2 rings (SSSR count). The van der Waals surface area contributed by atoms with Gasteiger partial charge in [0.15, 0.2) is 6.17 Å². The number of pyridine rings is 1. The number of nitrogen functional groups attached to an aromatic ring is 1. The molecule has 1 fully saturated rings. The summed E-state index contributed by atoms with van der Waals surface area (Å²) in [6.45, 7) is 5.67. The number of nitrogens with zero attached hydrogens (tertiary/aromatic N) is 2. The zero-order valence-corrected chi connectivity index (χ0v) is 13.1. The average Bonchev–Trinajstić information content (AvgIpc) is 2.41. The largest absolute Gasteiger partial charge is 0.471 e. The van der Waals surface area contributed by atoms with Gasteiger partial charge in [-0.05, 0) is 26.8 Å². The summed E-state index contributed by atoms with van der Waals surface area (Å²) >= 11 is 0. The van der Waals surface area contributed by atoms with E-state index in [1.807, 2.05) is 0 Å². The maximum Gasteiger partial charge on any atom is 0.410 e. The first kappa shape index (κ1) is 16.3. The molecule has 0 radical (unpaired) electrons. The first-order valence-electron chi connectivity index (χ1n) is 7.25. The number of alkyl halides is 1. The predicted molar refractivity (Wildman–Crippen MR) is 80.4 cm³/mol. The second-order valence-corrected chi connectivity index (χ2v) is 6.32. The number of carbonyl (C=O) groups excluding carboxylic acids is 1. The fourth-order valence-electron chi connectivity index (χ4n) is 2.12. The highest BCUT2D eigenvalue weighted by molar-refractivity contribution is 5.68. The third-order valence-corrected chi connectivity index (χ3v) is 3.16. The topological polar surface area (TPSA) is 77.7 Å². The van der Waals surface area contributed by atoms with Crippen LogP contribution < -0.4 is 10.5 Å². The van der Waals surface area contributed by atoms with Gasteiger partial charge in [0.2, 0.25) is 5.88 Å². The maximum atomic E-state index is 14.2. The minimum atomic E-state index is -1.29. The first-order chi connectivity index (χ1) is 10.2. The highest BCUT2D eigenvalue weighted by Gasteiger charge is 2.35. The van der Waals surface area contributed by atoms with E-state index in [1.54, 1.807) is 32.9 Å². The lowest BCUT2D eigenvalue weighted by Crippen LogP contribution is -2.50. The molecule has 0 unspecified atom stereocenters. The highest BCUT2D eigenvalue weighted by Crippen LogP contribution is 2.22. The lowest BCUT2D eigenvalue weighted by molar-refractivity contribution is -0.0114. The number of hydrogen-bond acceptors (Lipinski definition) is 5. The third-order valence-electron chi connectivity index (χ3n) is 3.16. The van der Waals surface area contributed by atoms with Crippen LogP contribution in [0.4, 0.5) is 14.9 Å². The highest BCUT2D eigenvalue weighted by atomic mass is 19.1. The molecule has 1 amide bonds. The van der Waals surface area contributed by atoms with Gasteiger partial charge in [0.25, 0.3) is 0 Å². The summed E-state index contributed by atoms with van der Waals surface area (Å²) in [5, 5.41) is 0. The molecule has 0 spiro atoms. The first-order valence-corrected chi connectivity index (χ1v) is 7.25. The van der Waals surface area contributed by atoms with E-state index in [0.29, 0.717) is 24.5 Å². The van der Waals surface area contributed by atoms with Crippen LogP contribution in [0.2, 0.25) is 0 Å². The van der Waals surface area contributed by atoms with Gasteiger partial charge in [-0.1, -0.05) is 0 Å². The number of piperidine rings is 1. The van der Waals surface area contributed by atoms with Crippen molar-refractivity contribution < 1.29 is 18.7 Å². The van der Waals surface area contributed by atoms with Crippen LogP contribution in [-0.2, 0) is 4.74 Å². The minimum absolute atomic E-state index is 0.0471. The molecule has 2 atom stereocenters. The quantitative estimate of drug-likeness (QED) is 0.907. The molecule has 1 aliphatic heterocycles. The summed E-state index contributed by atoms with van der Waals surface area (Å²) < 4.78 is 25.0. The molecule has 2 N–H and O–H groups in total. The molecule has 1 aliphatic rings. The number of carbonyl (C=O) groups is 1. The Hall–Kier alpha value is -2.05. The average molecular weight is 311 g/mol. The summed E-state index contributed by atoms with van der Waals surface area (Å²) in [5.41, 5.74) is 5.46. The Morgan fingerprint density at radius 3 is 2.73 bits per heavy atom. The van der Waals surface area contributed by atoms with Crippen LogP contribution in [0, 0.1) is 0 Å². The summed E-state index contributed by atoms with van der Waals surface area (Å²) in [5.74, 6) is 0.326. The van der Waals surface area contributed by atoms with Crippen molar-refractivity contribution in [1.29, 1.82) is 0 Å². The normalized spacial score (nSPS) is 22.3. The lowest BCUT2D eigenvalue weighted by Gasteiger charge is -2.35. The van der Waals surface area contributed by atoms with Gasteiger partial charge in [-0.25, -0.2) is 14.2 Å².